The molecule has 0 aromatic heterocycles. The van der Waals surface area contributed by atoms with Crippen molar-refractivity contribution in [3.05, 3.63) is 59.1 Å². The van der Waals surface area contributed by atoms with Crippen molar-refractivity contribution in [2.45, 2.75) is 0 Å². The highest BCUT2D eigenvalue weighted by atomic mass is 16.7. The van der Waals surface area contributed by atoms with E-state index in [0.717, 1.165) is 10.6 Å². The van der Waals surface area contributed by atoms with Crippen molar-refractivity contribution in [1.82, 2.24) is 10.7 Å². The molecule has 0 spiro atoms. The van der Waals surface area contributed by atoms with Crippen LogP contribution in [0.1, 0.15) is 0 Å². The molecule has 0 amide bonds. The van der Waals surface area contributed by atoms with E-state index in [1.807, 2.05) is 24.3 Å². The number of phenolic OH excluding ortho intramolecular Hbond substituents is 1. The molecule has 5 nitrogen and oxygen atoms in total. The van der Waals surface area contributed by atoms with Gasteiger partial charge >= 0.3 is 0 Å². The maximum atomic E-state index is 9.18. The van der Waals surface area contributed by atoms with Gasteiger partial charge in [0.25, 0.3) is 0 Å². The Morgan fingerprint density at radius 1 is 1.06 bits per heavy atom. The highest BCUT2D eigenvalue weighted by Gasteiger charge is 2.04. The Morgan fingerprint density at radius 3 is 2.67 bits per heavy atom. The lowest BCUT2D eigenvalue weighted by molar-refractivity contribution is -0.0396. The fraction of sp³-hybridized carbons (Fsp3) is 0. The van der Waals surface area contributed by atoms with Gasteiger partial charge in [-0.15, -0.1) is 5.17 Å². The van der Waals surface area contributed by atoms with Gasteiger partial charge in [-0.25, -0.2) is 0 Å². The lowest BCUT2D eigenvalue weighted by Crippen LogP contribution is -2.43. The van der Waals surface area contributed by atoms with Crippen molar-refractivity contribution in [2.24, 2.45) is 5.10 Å². The van der Waals surface area contributed by atoms with Gasteiger partial charge in [0.2, 0.25) is 0 Å². The Bertz CT molecular complexity index is 667. The van der Waals surface area contributed by atoms with E-state index in [-0.39, 0.29) is 5.75 Å². The SMILES string of the molecule is Oc1ccc(ON2C=c3ccccc3=NN2)cc1. The molecule has 5 heteroatoms. The van der Waals surface area contributed by atoms with Crippen LogP contribution in [0.25, 0.3) is 6.20 Å². The number of aromatic hydroxyl groups is 1. The van der Waals surface area contributed by atoms with Gasteiger partial charge in [-0.2, -0.15) is 10.6 Å². The van der Waals surface area contributed by atoms with Gasteiger partial charge in [0, 0.05) is 5.22 Å². The first-order chi connectivity index (χ1) is 8.81. The Kier molecular flexibility index (Phi) is 2.49. The first-order valence-electron chi connectivity index (χ1n) is 5.48. The lowest BCUT2D eigenvalue weighted by Gasteiger charge is -2.20. The van der Waals surface area contributed by atoms with Gasteiger partial charge in [-0.05, 0) is 30.3 Å². The van der Waals surface area contributed by atoms with E-state index in [2.05, 4.69) is 10.6 Å². The first-order valence-corrected chi connectivity index (χ1v) is 5.48. The van der Waals surface area contributed by atoms with Gasteiger partial charge < -0.3 is 9.94 Å². The number of fused-ring (bicyclic) bond motifs is 1. The molecule has 0 unspecified atom stereocenters. The fourth-order valence-electron chi connectivity index (χ4n) is 1.62. The van der Waals surface area contributed by atoms with Crippen LogP contribution in [0.2, 0.25) is 0 Å². The van der Waals surface area contributed by atoms with Crippen LogP contribution in [-0.2, 0) is 0 Å². The molecule has 3 rings (SSSR count). The standard InChI is InChI=1S/C13H11N3O2/c17-11-5-7-12(8-6-11)18-16-9-10-3-1-2-4-13(10)14-15-16/h1-9,15,17H. The number of hydrazine groups is 1. The summed E-state index contributed by atoms with van der Waals surface area (Å²) in [7, 11) is 0. The summed E-state index contributed by atoms with van der Waals surface area (Å²) in [6.45, 7) is 0. The monoisotopic (exact) mass is 241 g/mol. The molecule has 0 aliphatic carbocycles. The number of rotatable bonds is 2. The third-order valence-corrected chi connectivity index (χ3v) is 2.50. The van der Waals surface area contributed by atoms with Crippen LogP contribution in [0.15, 0.2) is 53.6 Å². The average Bonchev–Trinajstić information content (AvgIpc) is 2.41. The molecule has 1 aliphatic rings. The van der Waals surface area contributed by atoms with E-state index < -0.39 is 0 Å². The van der Waals surface area contributed by atoms with E-state index in [0.29, 0.717) is 5.75 Å². The minimum absolute atomic E-state index is 0.202. The third kappa shape index (κ3) is 2.06. The molecule has 0 fully saturated rings. The summed E-state index contributed by atoms with van der Waals surface area (Å²) in [6, 6.07) is 14.2. The number of nitrogens with zero attached hydrogens (tertiary/aromatic N) is 2. The van der Waals surface area contributed by atoms with Crippen LogP contribution in [0, 0.1) is 0 Å². The van der Waals surface area contributed by atoms with Gasteiger partial charge in [-0.1, -0.05) is 18.2 Å². The molecule has 2 N–H and O–H groups in total. The summed E-state index contributed by atoms with van der Waals surface area (Å²) in [5.74, 6) is 0.805. The fourth-order valence-corrected chi connectivity index (χ4v) is 1.62. The predicted molar refractivity (Wildman–Crippen MR) is 65.4 cm³/mol. The largest absolute Gasteiger partial charge is 0.508 e. The highest BCUT2D eigenvalue weighted by molar-refractivity contribution is 5.30. The molecular formula is C13H11N3O2. The van der Waals surface area contributed by atoms with Gasteiger partial charge in [0.1, 0.15) is 5.75 Å². The molecule has 0 radical (unpaired) electrons. The Morgan fingerprint density at radius 2 is 1.83 bits per heavy atom. The minimum atomic E-state index is 0.202. The minimum Gasteiger partial charge on any atom is -0.508 e. The number of hydroxylamine groups is 1. The summed E-state index contributed by atoms with van der Waals surface area (Å²) >= 11 is 0. The van der Waals surface area contributed by atoms with Crippen molar-refractivity contribution in [2.75, 3.05) is 0 Å². The Hall–Kier alpha value is -2.69. The second-order valence-corrected chi connectivity index (χ2v) is 3.81. The number of hydrogen-bond donors (Lipinski definition) is 2. The van der Waals surface area contributed by atoms with E-state index in [4.69, 9.17) is 4.84 Å². The Balaban J connectivity index is 1.84. The van der Waals surface area contributed by atoms with Crippen molar-refractivity contribution in [1.29, 1.82) is 0 Å². The summed E-state index contributed by atoms with van der Waals surface area (Å²) in [5.41, 5.74) is 2.76. The molecule has 0 bridgehead atoms. The summed E-state index contributed by atoms with van der Waals surface area (Å²) < 4.78 is 0. The van der Waals surface area contributed by atoms with Gasteiger partial charge in [0.05, 0.1) is 11.6 Å². The molecule has 18 heavy (non-hydrogen) atoms. The molecule has 1 heterocycles. The zero-order chi connectivity index (χ0) is 12.4. The molecule has 0 saturated heterocycles. The summed E-state index contributed by atoms with van der Waals surface area (Å²) in [5, 5.41) is 16.6. The molecular weight excluding hydrogens is 230 g/mol. The normalized spacial score (nSPS) is 12.8. The van der Waals surface area contributed by atoms with Gasteiger partial charge in [-0.3, -0.25) is 0 Å². The number of benzene rings is 2. The summed E-state index contributed by atoms with van der Waals surface area (Å²) in [6.07, 6.45) is 1.80. The zero-order valence-electron chi connectivity index (χ0n) is 9.45. The summed E-state index contributed by atoms with van der Waals surface area (Å²) in [4.78, 5) is 5.53. The second kappa shape index (κ2) is 4.29. The third-order valence-electron chi connectivity index (χ3n) is 2.50. The van der Waals surface area contributed by atoms with Crippen LogP contribution in [-0.4, -0.2) is 10.3 Å². The average molecular weight is 241 g/mol. The van der Waals surface area contributed by atoms with E-state index in [1.54, 1.807) is 30.5 Å². The lowest BCUT2D eigenvalue weighted by atomic mass is 10.3. The smallest absolute Gasteiger partial charge is 0.158 e. The molecule has 2 aromatic rings. The van der Waals surface area contributed by atoms with E-state index in [1.165, 1.54) is 5.17 Å². The van der Waals surface area contributed by atoms with Gasteiger partial charge in [0.15, 0.2) is 5.75 Å². The van der Waals surface area contributed by atoms with Crippen LogP contribution in [0.3, 0.4) is 0 Å². The zero-order valence-corrected chi connectivity index (χ0v) is 9.45. The molecule has 0 saturated carbocycles. The maximum Gasteiger partial charge on any atom is 0.158 e. The topological polar surface area (TPSA) is 57.1 Å². The predicted octanol–water partition coefficient (Wildman–Crippen LogP) is 0.479. The highest BCUT2D eigenvalue weighted by Crippen LogP contribution is 2.16. The molecule has 1 aliphatic heterocycles. The van der Waals surface area contributed by atoms with Crippen LogP contribution in [0.4, 0.5) is 0 Å². The number of para-hydroxylation sites is 1. The van der Waals surface area contributed by atoms with Crippen LogP contribution >= 0.6 is 0 Å². The van der Waals surface area contributed by atoms with Crippen molar-refractivity contribution < 1.29 is 9.94 Å². The second-order valence-electron chi connectivity index (χ2n) is 3.81. The number of nitrogens with one attached hydrogen (secondary N) is 1. The van der Waals surface area contributed by atoms with E-state index in [9.17, 15) is 5.11 Å². The van der Waals surface area contributed by atoms with Crippen molar-refractivity contribution >= 4 is 6.20 Å². The van der Waals surface area contributed by atoms with Crippen molar-refractivity contribution in [3.8, 4) is 11.5 Å². The number of hydrogen-bond acceptors (Lipinski definition) is 5. The maximum absolute atomic E-state index is 9.18. The molecule has 2 aromatic carbocycles. The van der Waals surface area contributed by atoms with E-state index >= 15 is 0 Å². The van der Waals surface area contributed by atoms with Crippen molar-refractivity contribution in [3.63, 3.8) is 0 Å². The quantitative estimate of drug-likeness (QED) is 0.803. The Labute approximate surface area is 103 Å². The molecule has 90 valence electrons. The molecule has 0 atom stereocenters. The van der Waals surface area contributed by atoms with Crippen LogP contribution in [0.5, 0.6) is 11.5 Å². The first kappa shape index (κ1) is 10.5. The number of phenols is 1. The van der Waals surface area contributed by atoms with Crippen LogP contribution < -0.4 is 20.9 Å².